The molecule has 1 aromatic rings. The Balaban J connectivity index is 2.17. The number of amides is 1. The van der Waals surface area contributed by atoms with Gasteiger partial charge in [-0.05, 0) is 49.9 Å². The van der Waals surface area contributed by atoms with E-state index >= 15 is 0 Å². The summed E-state index contributed by atoms with van der Waals surface area (Å²) < 4.78 is 22.8. The maximum absolute atomic E-state index is 12.5. The van der Waals surface area contributed by atoms with Gasteiger partial charge < -0.3 is 4.90 Å². The van der Waals surface area contributed by atoms with Crippen LogP contribution in [-0.4, -0.2) is 38.1 Å². The van der Waals surface area contributed by atoms with Crippen LogP contribution in [0.4, 0.5) is 0 Å². The Morgan fingerprint density at radius 2 is 1.80 bits per heavy atom. The van der Waals surface area contributed by atoms with Crippen molar-refractivity contribution in [3.63, 3.8) is 0 Å². The molecular weight excluding hydrogens is 274 g/mol. The molecule has 4 nitrogen and oxygen atoms in total. The van der Waals surface area contributed by atoms with Crippen LogP contribution in [0, 0.1) is 5.92 Å². The highest BCUT2D eigenvalue weighted by Crippen LogP contribution is 2.24. The van der Waals surface area contributed by atoms with Gasteiger partial charge >= 0.3 is 0 Å². The van der Waals surface area contributed by atoms with Crippen molar-refractivity contribution < 1.29 is 13.2 Å². The normalized spacial score (nSPS) is 23.6. The van der Waals surface area contributed by atoms with Gasteiger partial charge in [-0.3, -0.25) is 4.79 Å². The van der Waals surface area contributed by atoms with E-state index in [4.69, 9.17) is 0 Å². The fourth-order valence-electron chi connectivity index (χ4n) is 2.72. The van der Waals surface area contributed by atoms with Crippen molar-refractivity contribution in [1.29, 1.82) is 0 Å². The second-order valence-electron chi connectivity index (χ2n) is 5.77. The van der Waals surface area contributed by atoms with Crippen molar-refractivity contribution >= 4 is 15.7 Å². The van der Waals surface area contributed by atoms with Crippen LogP contribution in [0.5, 0.6) is 0 Å². The van der Waals surface area contributed by atoms with Crippen LogP contribution in [0.1, 0.15) is 37.0 Å². The van der Waals surface area contributed by atoms with E-state index in [1.165, 1.54) is 12.1 Å². The molecule has 20 heavy (non-hydrogen) atoms. The second-order valence-corrected chi connectivity index (χ2v) is 7.79. The molecular formula is C15H21NO3S. The zero-order valence-electron chi connectivity index (χ0n) is 12.2. The SMILES string of the molecule is C[C@@H]1CCN(C(=O)c2ccc(S(C)(=O)=O)cc2)[C@H](C)C1. The molecule has 1 aliphatic rings. The van der Waals surface area contributed by atoms with Crippen LogP contribution in [-0.2, 0) is 9.84 Å². The van der Waals surface area contributed by atoms with Gasteiger partial charge in [0, 0.05) is 24.4 Å². The summed E-state index contributed by atoms with van der Waals surface area (Å²) in [6, 6.07) is 6.44. The minimum Gasteiger partial charge on any atom is -0.336 e. The summed E-state index contributed by atoms with van der Waals surface area (Å²) in [5, 5.41) is 0. The lowest BCUT2D eigenvalue weighted by atomic mass is 9.93. The number of piperidine rings is 1. The number of likely N-dealkylation sites (tertiary alicyclic amines) is 1. The number of carbonyl (C=O) groups excluding carboxylic acids is 1. The Hall–Kier alpha value is -1.36. The predicted molar refractivity (Wildman–Crippen MR) is 78.4 cm³/mol. The van der Waals surface area contributed by atoms with E-state index in [-0.39, 0.29) is 16.8 Å². The molecule has 0 N–H and O–H groups in total. The second kappa shape index (κ2) is 5.56. The Morgan fingerprint density at radius 1 is 1.20 bits per heavy atom. The topological polar surface area (TPSA) is 54.5 Å². The van der Waals surface area contributed by atoms with E-state index in [1.807, 2.05) is 4.90 Å². The number of nitrogens with zero attached hydrogens (tertiary/aromatic N) is 1. The van der Waals surface area contributed by atoms with Crippen LogP contribution in [0.25, 0.3) is 0 Å². The average Bonchev–Trinajstić information content (AvgIpc) is 2.37. The summed E-state index contributed by atoms with van der Waals surface area (Å²) in [7, 11) is -3.21. The molecule has 2 atom stereocenters. The molecule has 1 aromatic carbocycles. The number of benzene rings is 1. The molecule has 0 aliphatic carbocycles. The van der Waals surface area contributed by atoms with Crippen LogP contribution in [0.2, 0.25) is 0 Å². The van der Waals surface area contributed by atoms with Gasteiger partial charge in [-0.15, -0.1) is 0 Å². The molecule has 1 fully saturated rings. The van der Waals surface area contributed by atoms with Crippen molar-refractivity contribution in [1.82, 2.24) is 4.90 Å². The van der Waals surface area contributed by atoms with E-state index in [1.54, 1.807) is 12.1 Å². The minimum absolute atomic E-state index is 0.00977. The highest BCUT2D eigenvalue weighted by atomic mass is 32.2. The number of carbonyl (C=O) groups is 1. The first-order valence-electron chi connectivity index (χ1n) is 6.90. The maximum atomic E-state index is 12.5. The van der Waals surface area contributed by atoms with Crippen LogP contribution >= 0.6 is 0 Å². The quantitative estimate of drug-likeness (QED) is 0.841. The molecule has 0 unspecified atom stereocenters. The van der Waals surface area contributed by atoms with E-state index in [2.05, 4.69) is 13.8 Å². The third kappa shape index (κ3) is 3.20. The van der Waals surface area contributed by atoms with Gasteiger partial charge in [-0.1, -0.05) is 6.92 Å². The highest BCUT2D eigenvalue weighted by Gasteiger charge is 2.27. The molecule has 0 saturated carbocycles. The summed E-state index contributed by atoms with van der Waals surface area (Å²) in [6.07, 6.45) is 3.21. The first-order chi connectivity index (χ1) is 9.29. The molecule has 110 valence electrons. The predicted octanol–water partition coefficient (Wildman–Crippen LogP) is 2.35. The summed E-state index contributed by atoms with van der Waals surface area (Å²) >= 11 is 0. The molecule has 1 aliphatic heterocycles. The van der Waals surface area contributed by atoms with Gasteiger partial charge in [0.1, 0.15) is 0 Å². The molecule has 0 radical (unpaired) electrons. The number of hydrogen-bond donors (Lipinski definition) is 0. The van der Waals surface area contributed by atoms with E-state index in [0.717, 1.165) is 25.6 Å². The van der Waals surface area contributed by atoms with Gasteiger partial charge in [0.15, 0.2) is 9.84 Å². The number of hydrogen-bond acceptors (Lipinski definition) is 3. The third-order valence-electron chi connectivity index (χ3n) is 3.93. The fourth-order valence-corrected chi connectivity index (χ4v) is 3.35. The van der Waals surface area contributed by atoms with Gasteiger partial charge in [0.25, 0.3) is 5.91 Å². The molecule has 1 saturated heterocycles. The zero-order valence-corrected chi connectivity index (χ0v) is 13.0. The smallest absolute Gasteiger partial charge is 0.254 e. The first kappa shape index (κ1) is 15.0. The standard InChI is InChI=1S/C15H21NO3S/c1-11-8-9-16(12(2)10-11)15(17)13-4-6-14(7-5-13)20(3,18)19/h4-7,11-12H,8-10H2,1-3H3/t11-,12-/m1/s1. The minimum atomic E-state index is -3.21. The Labute approximate surface area is 120 Å². The fraction of sp³-hybridized carbons (Fsp3) is 0.533. The molecule has 0 aromatic heterocycles. The van der Waals surface area contributed by atoms with Gasteiger partial charge in [0.05, 0.1) is 4.90 Å². The van der Waals surface area contributed by atoms with E-state index < -0.39 is 9.84 Å². The van der Waals surface area contributed by atoms with Crippen molar-refractivity contribution in [2.45, 2.75) is 37.6 Å². The molecule has 0 bridgehead atoms. The highest BCUT2D eigenvalue weighted by molar-refractivity contribution is 7.90. The lowest BCUT2D eigenvalue weighted by Crippen LogP contribution is -2.44. The molecule has 1 amide bonds. The first-order valence-corrected chi connectivity index (χ1v) is 8.79. The maximum Gasteiger partial charge on any atom is 0.254 e. The number of sulfone groups is 1. The van der Waals surface area contributed by atoms with Crippen LogP contribution < -0.4 is 0 Å². The van der Waals surface area contributed by atoms with Crippen LogP contribution in [0.15, 0.2) is 29.2 Å². The van der Waals surface area contributed by atoms with Crippen molar-refractivity contribution in [2.24, 2.45) is 5.92 Å². The summed E-state index contributed by atoms with van der Waals surface area (Å²) in [6.45, 7) is 5.05. The lowest BCUT2D eigenvalue weighted by molar-refractivity contribution is 0.0588. The summed E-state index contributed by atoms with van der Waals surface area (Å²) in [5.41, 5.74) is 0.554. The Morgan fingerprint density at radius 3 is 2.30 bits per heavy atom. The lowest BCUT2D eigenvalue weighted by Gasteiger charge is -2.36. The third-order valence-corrected chi connectivity index (χ3v) is 5.06. The molecule has 1 heterocycles. The van der Waals surface area contributed by atoms with Gasteiger partial charge in [-0.2, -0.15) is 0 Å². The largest absolute Gasteiger partial charge is 0.336 e. The Bertz CT molecular complexity index is 592. The molecule has 2 rings (SSSR count). The Kier molecular flexibility index (Phi) is 4.18. The van der Waals surface area contributed by atoms with E-state index in [0.29, 0.717) is 11.5 Å². The summed E-state index contributed by atoms with van der Waals surface area (Å²) in [5.74, 6) is 0.645. The zero-order chi connectivity index (χ0) is 14.9. The monoisotopic (exact) mass is 295 g/mol. The average molecular weight is 295 g/mol. The number of rotatable bonds is 2. The van der Waals surface area contributed by atoms with Crippen molar-refractivity contribution in [2.75, 3.05) is 12.8 Å². The summed E-state index contributed by atoms with van der Waals surface area (Å²) in [4.78, 5) is 14.6. The van der Waals surface area contributed by atoms with E-state index in [9.17, 15) is 13.2 Å². The van der Waals surface area contributed by atoms with Gasteiger partial charge in [0.2, 0.25) is 0 Å². The van der Waals surface area contributed by atoms with Crippen LogP contribution in [0.3, 0.4) is 0 Å². The van der Waals surface area contributed by atoms with Crippen molar-refractivity contribution in [3.8, 4) is 0 Å². The molecule has 0 spiro atoms. The molecule has 5 heteroatoms. The van der Waals surface area contributed by atoms with Crippen molar-refractivity contribution in [3.05, 3.63) is 29.8 Å². The van der Waals surface area contributed by atoms with Gasteiger partial charge in [-0.25, -0.2) is 8.42 Å².